The molecule has 1 amide bonds. The number of halogens is 1. The maximum Gasteiger partial charge on any atom is 0.254 e. The number of carbonyl (C=O) groups is 1. The number of H-pyrrole nitrogens is 1. The number of aliphatic hydroxyl groups is 2. The summed E-state index contributed by atoms with van der Waals surface area (Å²) in [7, 11) is 1.55. The van der Waals surface area contributed by atoms with Gasteiger partial charge in [-0.15, -0.1) is 0 Å². The van der Waals surface area contributed by atoms with E-state index in [-0.39, 0.29) is 5.82 Å². The quantitative estimate of drug-likeness (QED) is 0.567. The Balaban J connectivity index is 1.64. The minimum Gasteiger partial charge on any atom is -0.496 e. The van der Waals surface area contributed by atoms with Gasteiger partial charge in [0.2, 0.25) is 0 Å². The summed E-state index contributed by atoms with van der Waals surface area (Å²) in [6.07, 6.45) is 2.69. The van der Waals surface area contributed by atoms with E-state index in [4.69, 9.17) is 4.74 Å². The zero-order chi connectivity index (χ0) is 23.0. The van der Waals surface area contributed by atoms with Gasteiger partial charge in [0, 0.05) is 35.9 Å². The first kappa shape index (κ1) is 22.0. The minimum absolute atomic E-state index is 0.328. The molecule has 3 aromatic rings. The molecule has 4 rings (SSSR count). The number of pyridine rings is 1. The summed E-state index contributed by atoms with van der Waals surface area (Å²) in [5.74, 6) is -0.279. The molecular weight excluding hydrogens is 413 g/mol. The first-order valence-electron chi connectivity index (χ1n) is 10.4. The normalized spacial score (nSPS) is 15.6. The minimum atomic E-state index is -1.50. The largest absolute Gasteiger partial charge is 0.496 e. The van der Waals surface area contributed by atoms with Crippen LogP contribution in [0.4, 0.5) is 4.39 Å². The van der Waals surface area contributed by atoms with Crippen molar-refractivity contribution in [1.82, 2.24) is 14.9 Å². The second-order valence-corrected chi connectivity index (χ2v) is 8.47. The van der Waals surface area contributed by atoms with Crippen molar-refractivity contribution in [3.8, 4) is 16.9 Å². The highest BCUT2D eigenvalue weighted by Gasteiger charge is 2.34. The van der Waals surface area contributed by atoms with Gasteiger partial charge in [-0.25, -0.2) is 9.37 Å². The van der Waals surface area contributed by atoms with Crippen molar-refractivity contribution < 1.29 is 24.1 Å². The molecule has 3 N–H and O–H groups in total. The van der Waals surface area contributed by atoms with Crippen LogP contribution in [-0.2, 0) is 4.79 Å². The highest BCUT2D eigenvalue weighted by molar-refractivity contribution is 5.97. The number of aliphatic hydroxyl groups excluding tert-OH is 1. The van der Waals surface area contributed by atoms with Gasteiger partial charge in [-0.05, 0) is 61.7 Å². The van der Waals surface area contributed by atoms with Crippen molar-refractivity contribution in [1.29, 1.82) is 0 Å². The van der Waals surface area contributed by atoms with Gasteiger partial charge in [-0.1, -0.05) is 6.08 Å². The van der Waals surface area contributed by atoms with E-state index in [1.165, 1.54) is 30.9 Å². The van der Waals surface area contributed by atoms with E-state index in [9.17, 15) is 19.4 Å². The molecule has 0 aliphatic carbocycles. The van der Waals surface area contributed by atoms with Crippen LogP contribution in [-0.4, -0.2) is 62.9 Å². The van der Waals surface area contributed by atoms with Crippen LogP contribution >= 0.6 is 0 Å². The van der Waals surface area contributed by atoms with Gasteiger partial charge in [-0.3, -0.25) is 4.79 Å². The number of nitrogens with zero attached hydrogens (tertiary/aromatic N) is 2. The number of amides is 1. The van der Waals surface area contributed by atoms with Gasteiger partial charge >= 0.3 is 0 Å². The molecule has 32 heavy (non-hydrogen) atoms. The molecule has 1 aromatic carbocycles. The SMILES string of the molecule is COc1ccc(F)cc1-c1ccnc2[nH]c(C3=CCN(C(=O)[C@H](O)C(C)(C)O)CC3)cc12. The number of carbonyl (C=O) groups excluding carboxylic acids is 1. The first-order chi connectivity index (χ1) is 15.2. The number of methoxy groups -OCH3 is 1. The molecule has 8 heteroatoms. The van der Waals surface area contributed by atoms with E-state index < -0.39 is 17.6 Å². The molecule has 0 saturated carbocycles. The van der Waals surface area contributed by atoms with Gasteiger partial charge in [-0.2, -0.15) is 0 Å². The zero-order valence-electron chi connectivity index (χ0n) is 18.2. The van der Waals surface area contributed by atoms with Crippen LogP contribution in [0.3, 0.4) is 0 Å². The fourth-order valence-electron chi connectivity index (χ4n) is 3.91. The number of rotatable bonds is 5. The molecular formula is C24H26FN3O4. The summed E-state index contributed by atoms with van der Waals surface area (Å²) in [6, 6.07) is 8.19. The maximum atomic E-state index is 13.9. The van der Waals surface area contributed by atoms with E-state index in [0.29, 0.717) is 36.5 Å². The molecule has 0 spiro atoms. The third-order valence-electron chi connectivity index (χ3n) is 5.75. The molecule has 0 unspecified atom stereocenters. The molecule has 0 fully saturated rings. The van der Waals surface area contributed by atoms with E-state index in [2.05, 4.69) is 9.97 Å². The fourth-order valence-corrected chi connectivity index (χ4v) is 3.91. The van der Waals surface area contributed by atoms with Gasteiger partial charge < -0.3 is 24.8 Å². The highest BCUT2D eigenvalue weighted by Crippen LogP contribution is 2.36. The van der Waals surface area contributed by atoms with Crippen molar-refractivity contribution in [2.75, 3.05) is 20.2 Å². The predicted molar refractivity (Wildman–Crippen MR) is 120 cm³/mol. The molecule has 1 aliphatic rings. The highest BCUT2D eigenvalue weighted by atomic mass is 19.1. The number of aromatic nitrogens is 2. The molecule has 1 atom stereocenters. The third kappa shape index (κ3) is 4.11. The Hall–Kier alpha value is -3.23. The van der Waals surface area contributed by atoms with Gasteiger partial charge in [0.05, 0.1) is 12.7 Å². The number of aromatic amines is 1. The summed E-state index contributed by atoms with van der Waals surface area (Å²) in [5.41, 5.74) is 2.49. The number of ether oxygens (including phenoxy) is 1. The van der Waals surface area contributed by atoms with Crippen LogP contribution < -0.4 is 4.74 Å². The van der Waals surface area contributed by atoms with Crippen LogP contribution in [0.25, 0.3) is 27.7 Å². The smallest absolute Gasteiger partial charge is 0.254 e. The topological polar surface area (TPSA) is 98.7 Å². The Bertz CT molecular complexity index is 1200. The summed E-state index contributed by atoms with van der Waals surface area (Å²) in [6.45, 7) is 3.56. The van der Waals surface area contributed by atoms with Crippen molar-refractivity contribution in [3.05, 3.63) is 54.1 Å². The van der Waals surface area contributed by atoms with Crippen molar-refractivity contribution in [2.24, 2.45) is 0 Å². The maximum absolute atomic E-state index is 13.9. The molecule has 3 heterocycles. The van der Waals surface area contributed by atoms with Crippen LogP contribution in [0.1, 0.15) is 26.0 Å². The molecule has 2 aromatic heterocycles. The van der Waals surface area contributed by atoms with Gasteiger partial charge in [0.25, 0.3) is 5.91 Å². The lowest BCUT2D eigenvalue weighted by Gasteiger charge is -2.32. The van der Waals surface area contributed by atoms with Crippen molar-refractivity contribution in [2.45, 2.75) is 32.0 Å². The lowest BCUT2D eigenvalue weighted by molar-refractivity contribution is -0.152. The molecule has 168 valence electrons. The van der Waals surface area contributed by atoms with Crippen LogP contribution in [0.5, 0.6) is 5.75 Å². The summed E-state index contributed by atoms with van der Waals surface area (Å²) in [4.78, 5) is 21.7. The third-order valence-corrected chi connectivity index (χ3v) is 5.75. The predicted octanol–water partition coefficient (Wildman–Crippen LogP) is 3.13. The van der Waals surface area contributed by atoms with Crippen LogP contribution in [0, 0.1) is 5.82 Å². The number of benzene rings is 1. The lowest BCUT2D eigenvalue weighted by Crippen LogP contribution is -2.50. The van der Waals surface area contributed by atoms with Crippen molar-refractivity contribution in [3.63, 3.8) is 0 Å². The Morgan fingerprint density at radius 3 is 2.72 bits per heavy atom. The van der Waals surface area contributed by atoms with Crippen LogP contribution in [0.2, 0.25) is 0 Å². The average Bonchev–Trinajstić information content (AvgIpc) is 3.22. The van der Waals surface area contributed by atoms with E-state index in [0.717, 1.165) is 22.2 Å². The summed E-state index contributed by atoms with van der Waals surface area (Å²) in [5, 5.41) is 20.8. The summed E-state index contributed by atoms with van der Waals surface area (Å²) >= 11 is 0. The second-order valence-electron chi connectivity index (χ2n) is 8.47. The molecule has 0 bridgehead atoms. The standard InChI is InChI=1S/C24H26FN3O4/c1-24(2,31)21(29)23(30)28-10-7-14(8-11-28)19-13-18-16(6-9-26-22(18)27-19)17-12-15(25)4-5-20(17)32-3/h4-7,9,12-13,21,29,31H,8,10-11H2,1-3H3,(H,26,27)/t21-/m0/s1. The van der Waals surface area contributed by atoms with E-state index >= 15 is 0 Å². The molecule has 0 saturated heterocycles. The molecule has 1 aliphatic heterocycles. The Kier molecular flexibility index (Phi) is 5.75. The average molecular weight is 439 g/mol. The zero-order valence-corrected chi connectivity index (χ0v) is 18.2. The summed E-state index contributed by atoms with van der Waals surface area (Å²) < 4.78 is 19.4. The number of hydrogen-bond acceptors (Lipinski definition) is 5. The Labute approximate surface area is 185 Å². The monoisotopic (exact) mass is 439 g/mol. The second kappa shape index (κ2) is 8.37. The first-order valence-corrected chi connectivity index (χ1v) is 10.4. The van der Waals surface area contributed by atoms with E-state index in [1.54, 1.807) is 19.4 Å². The van der Waals surface area contributed by atoms with Gasteiger partial charge in [0.1, 0.15) is 17.2 Å². The Morgan fingerprint density at radius 2 is 2.06 bits per heavy atom. The van der Waals surface area contributed by atoms with E-state index in [1.807, 2.05) is 18.2 Å². The molecule has 0 radical (unpaired) electrons. The molecule has 7 nitrogen and oxygen atoms in total. The Morgan fingerprint density at radius 1 is 1.28 bits per heavy atom. The number of hydrogen-bond donors (Lipinski definition) is 3. The lowest BCUT2D eigenvalue weighted by atomic mass is 9.98. The number of nitrogens with one attached hydrogen (secondary N) is 1. The fraction of sp³-hybridized carbons (Fsp3) is 0.333. The van der Waals surface area contributed by atoms with Gasteiger partial charge in [0.15, 0.2) is 6.10 Å². The van der Waals surface area contributed by atoms with Crippen molar-refractivity contribution >= 4 is 22.5 Å². The van der Waals surface area contributed by atoms with Crippen LogP contribution in [0.15, 0.2) is 42.6 Å². The number of fused-ring (bicyclic) bond motifs is 1.